The van der Waals surface area contributed by atoms with Gasteiger partial charge in [-0.05, 0) is 18.1 Å². The van der Waals surface area contributed by atoms with E-state index in [0.717, 1.165) is 17.4 Å². The van der Waals surface area contributed by atoms with E-state index in [2.05, 4.69) is 27.3 Å². The number of benzene rings is 1. The Morgan fingerprint density at radius 2 is 2.14 bits per heavy atom. The van der Waals surface area contributed by atoms with Gasteiger partial charge in [-0.1, -0.05) is 34.1 Å². The minimum Gasteiger partial charge on any atom is -0.355 e. The molecule has 0 spiro atoms. The van der Waals surface area contributed by atoms with Crippen molar-refractivity contribution in [2.75, 3.05) is 6.54 Å². The first-order valence-electron chi connectivity index (χ1n) is 4.78. The number of hydrogen-bond acceptors (Lipinski definition) is 1. The third-order valence-corrected chi connectivity index (χ3v) is 3.33. The molecule has 0 aromatic heterocycles. The highest BCUT2D eigenvalue weighted by molar-refractivity contribution is 9.10. The lowest BCUT2D eigenvalue weighted by atomic mass is 9.91. The summed E-state index contributed by atoms with van der Waals surface area (Å²) in [4.78, 5) is 11.0. The molecule has 1 aliphatic rings. The molecule has 1 amide bonds. The van der Waals surface area contributed by atoms with Crippen LogP contribution in [0.15, 0.2) is 28.7 Å². The highest BCUT2D eigenvalue weighted by Gasteiger charge is 2.20. The van der Waals surface area contributed by atoms with Crippen LogP contribution < -0.4 is 5.32 Å². The molecular weight excluding hydrogens is 242 g/mol. The fourth-order valence-electron chi connectivity index (χ4n) is 1.80. The van der Waals surface area contributed by atoms with Crippen molar-refractivity contribution in [1.29, 1.82) is 0 Å². The molecule has 2 nitrogen and oxygen atoms in total. The van der Waals surface area contributed by atoms with Crippen LogP contribution in [0.4, 0.5) is 0 Å². The molecule has 0 bridgehead atoms. The van der Waals surface area contributed by atoms with Crippen LogP contribution in [-0.4, -0.2) is 12.5 Å². The summed E-state index contributed by atoms with van der Waals surface area (Å²) < 4.78 is 1.14. The Bertz CT molecular complexity index is 341. The van der Waals surface area contributed by atoms with Crippen LogP contribution in [0.2, 0.25) is 0 Å². The smallest absolute Gasteiger partial charge is 0.220 e. The van der Waals surface area contributed by atoms with E-state index in [-0.39, 0.29) is 5.91 Å². The molecule has 1 aromatic carbocycles. The molecule has 0 saturated carbocycles. The van der Waals surface area contributed by atoms with E-state index in [0.29, 0.717) is 12.3 Å². The third-order valence-electron chi connectivity index (χ3n) is 2.61. The number of halogens is 1. The van der Waals surface area contributed by atoms with E-state index < -0.39 is 0 Å². The number of rotatable bonds is 1. The van der Waals surface area contributed by atoms with Gasteiger partial charge in [-0.15, -0.1) is 0 Å². The molecular formula is C11H12BrNO. The number of amides is 1. The summed E-state index contributed by atoms with van der Waals surface area (Å²) >= 11 is 3.53. The van der Waals surface area contributed by atoms with Gasteiger partial charge in [-0.2, -0.15) is 0 Å². The van der Waals surface area contributed by atoms with Gasteiger partial charge in [-0.25, -0.2) is 0 Å². The molecule has 0 aliphatic carbocycles. The Labute approximate surface area is 91.8 Å². The topological polar surface area (TPSA) is 29.1 Å². The Hall–Kier alpha value is -0.830. The van der Waals surface area contributed by atoms with Gasteiger partial charge in [0, 0.05) is 23.4 Å². The predicted molar refractivity (Wildman–Crippen MR) is 59.1 cm³/mol. The van der Waals surface area contributed by atoms with Crippen LogP contribution in [0.25, 0.3) is 0 Å². The van der Waals surface area contributed by atoms with Crippen molar-refractivity contribution in [2.45, 2.75) is 18.8 Å². The van der Waals surface area contributed by atoms with Gasteiger partial charge in [0.1, 0.15) is 0 Å². The number of carbonyl (C=O) groups is 1. The van der Waals surface area contributed by atoms with Crippen molar-refractivity contribution < 1.29 is 4.79 Å². The highest BCUT2D eigenvalue weighted by atomic mass is 79.9. The van der Waals surface area contributed by atoms with Crippen LogP contribution in [-0.2, 0) is 4.79 Å². The molecule has 2 rings (SSSR count). The minimum atomic E-state index is 0.174. The van der Waals surface area contributed by atoms with Crippen LogP contribution in [0, 0.1) is 0 Å². The van der Waals surface area contributed by atoms with Crippen LogP contribution in [0.1, 0.15) is 24.3 Å². The van der Waals surface area contributed by atoms with Crippen LogP contribution in [0.5, 0.6) is 0 Å². The molecule has 1 fully saturated rings. The number of carbonyl (C=O) groups excluding carboxylic acids is 1. The summed E-state index contributed by atoms with van der Waals surface area (Å²) in [5, 5.41) is 2.90. The molecule has 1 heterocycles. The Morgan fingerprint density at radius 1 is 1.36 bits per heavy atom. The van der Waals surface area contributed by atoms with E-state index in [1.165, 1.54) is 5.56 Å². The van der Waals surface area contributed by atoms with Crippen molar-refractivity contribution in [3.05, 3.63) is 34.3 Å². The zero-order valence-electron chi connectivity index (χ0n) is 7.79. The van der Waals surface area contributed by atoms with Crippen molar-refractivity contribution in [1.82, 2.24) is 5.32 Å². The lowest BCUT2D eigenvalue weighted by Crippen LogP contribution is -2.33. The summed E-state index contributed by atoms with van der Waals surface area (Å²) in [5.41, 5.74) is 1.30. The monoisotopic (exact) mass is 253 g/mol. The standard InChI is InChI=1S/C11H12BrNO/c12-10-4-2-1-3-9(10)8-5-6-11(14)13-7-8/h1-4,8H,5-7H2,(H,13,14). The zero-order chi connectivity index (χ0) is 9.97. The Morgan fingerprint density at radius 3 is 2.79 bits per heavy atom. The van der Waals surface area contributed by atoms with E-state index in [1.54, 1.807) is 0 Å². The van der Waals surface area contributed by atoms with Gasteiger partial charge >= 0.3 is 0 Å². The average Bonchev–Trinajstić information content (AvgIpc) is 2.20. The lowest BCUT2D eigenvalue weighted by Gasteiger charge is -2.23. The van der Waals surface area contributed by atoms with E-state index in [1.807, 2.05) is 18.2 Å². The highest BCUT2D eigenvalue weighted by Crippen LogP contribution is 2.29. The molecule has 1 unspecified atom stereocenters. The second-order valence-corrected chi connectivity index (χ2v) is 4.42. The zero-order valence-corrected chi connectivity index (χ0v) is 9.38. The molecule has 3 heteroatoms. The van der Waals surface area contributed by atoms with Gasteiger partial charge in [0.15, 0.2) is 0 Å². The first kappa shape index (κ1) is 9.71. The van der Waals surface area contributed by atoms with Gasteiger partial charge in [-0.3, -0.25) is 4.79 Å². The first-order chi connectivity index (χ1) is 6.77. The van der Waals surface area contributed by atoms with Crippen LogP contribution >= 0.6 is 15.9 Å². The maximum Gasteiger partial charge on any atom is 0.220 e. The van der Waals surface area contributed by atoms with E-state index in [9.17, 15) is 4.79 Å². The summed E-state index contributed by atoms with van der Waals surface area (Å²) in [6.07, 6.45) is 1.60. The quantitative estimate of drug-likeness (QED) is 0.819. The first-order valence-corrected chi connectivity index (χ1v) is 5.58. The Balaban J connectivity index is 2.16. The maximum atomic E-state index is 11.0. The van der Waals surface area contributed by atoms with Gasteiger partial charge in [0.25, 0.3) is 0 Å². The second kappa shape index (κ2) is 4.13. The van der Waals surface area contributed by atoms with Crippen molar-refractivity contribution >= 4 is 21.8 Å². The average molecular weight is 254 g/mol. The second-order valence-electron chi connectivity index (χ2n) is 3.56. The largest absolute Gasteiger partial charge is 0.355 e. The van der Waals surface area contributed by atoms with Crippen molar-refractivity contribution in [3.63, 3.8) is 0 Å². The molecule has 0 radical (unpaired) electrons. The van der Waals surface area contributed by atoms with E-state index in [4.69, 9.17) is 0 Å². The molecule has 74 valence electrons. The summed E-state index contributed by atoms with van der Waals surface area (Å²) in [7, 11) is 0. The number of nitrogens with one attached hydrogen (secondary N) is 1. The van der Waals surface area contributed by atoms with Gasteiger partial charge in [0.05, 0.1) is 0 Å². The fraction of sp³-hybridized carbons (Fsp3) is 0.364. The minimum absolute atomic E-state index is 0.174. The van der Waals surface area contributed by atoms with Crippen molar-refractivity contribution in [3.8, 4) is 0 Å². The number of piperidine rings is 1. The summed E-state index contributed by atoms with van der Waals surface area (Å²) in [6.45, 7) is 0.765. The molecule has 14 heavy (non-hydrogen) atoms. The molecule has 1 N–H and O–H groups in total. The molecule has 1 aliphatic heterocycles. The normalized spacial score (nSPS) is 21.8. The summed E-state index contributed by atoms with van der Waals surface area (Å²) in [5.74, 6) is 0.636. The fourth-order valence-corrected chi connectivity index (χ4v) is 2.41. The summed E-state index contributed by atoms with van der Waals surface area (Å²) in [6, 6.07) is 8.21. The lowest BCUT2D eigenvalue weighted by molar-refractivity contribution is -0.122. The Kier molecular flexibility index (Phi) is 2.87. The van der Waals surface area contributed by atoms with Gasteiger partial charge in [0.2, 0.25) is 5.91 Å². The predicted octanol–water partition coefficient (Wildman–Crippen LogP) is 2.44. The van der Waals surface area contributed by atoms with E-state index >= 15 is 0 Å². The van der Waals surface area contributed by atoms with Crippen molar-refractivity contribution in [2.24, 2.45) is 0 Å². The molecule has 1 aromatic rings. The SMILES string of the molecule is O=C1CCC(c2ccccc2Br)CN1. The maximum absolute atomic E-state index is 11.0. The van der Waals surface area contributed by atoms with Crippen LogP contribution in [0.3, 0.4) is 0 Å². The molecule has 1 saturated heterocycles. The molecule has 1 atom stereocenters. The number of hydrogen-bond donors (Lipinski definition) is 1. The van der Waals surface area contributed by atoms with Gasteiger partial charge < -0.3 is 5.32 Å². The third kappa shape index (κ3) is 1.98.